The number of benzene rings is 1. The summed E-state index contributed by atoms with van der Waals surface area (Å²) in [7, 11) is 1.87. The second kappa shape index (κ2) is 6.40. The first-order valence-electron chi connectivity index (χ1n) is 6.79. The summed E-state index contributed by atoms with van der Waals surface area (Å²) >= 11 is 6.01. The highest BCUT2D eigenvalue weighted by molar-refractivity contribution is 6.31. The fourth-order valence-corrected chi connectivity index (χ4v) is 2.92. The third-order valence-corrected chi connectivity index (χ3v) is 3.78. The molecule has 4 heteroatoms. The summed E-state index contributed by atoms with van der Waals surface area (Å²) in [6.45, 7) is 4.86. The molecule has 1 aromatic rings. The summed E-state index contributed by atoms with van der Waals surface area (Å²) < 4.78 is 0. The highest BCUT2D eigenvalue weighted by atomic mass is 35.5. The molecule has 104 valence electrons. The van der Waals surface area contributed by atoms with Gasteiger partial charge in [0.05, 0.1) is 0 Å². The maximum Gasteiger partial charge on any atom is 0.253 e. The van der Waals surface area contributed by atoms with E-state index in [-0.39, 0.29) is 5.91 Å². The van der Waals surface area contributed by atoms with Crippen LogP contribution in [0.15, 0.2) is 18.2 Å². The van der Waals surface area contributed by atoms with Gasteiger partial charge < -0.3 is 10.2 Å². The third-order valence-electron chi connectivity index (χ3n) is 3.57. The molecule has 0 saturated carbocycles. The van der Waals surface area contributed by atoms with Crippen LogP contribution >= 0.6 is 11.6 Å². The molecular formula is C15H21ClN2O. The minimum atomic E-state index is 0.0520. The van der Waals surface area contributed by atoms with Crippen molar-refractivity contribution in [2.24, 2.45) is 5.92 Å². The summed E-state index contributed by atoms with van der Waals surface area (Å²) in [5.74, 6) is 0.610. The number of piperidine rings is 1. The second-order valence-electron chi connectivity index (χ2n) is 5.42. The Morgan fingerprint density at radius 3 is 2.89 bits per heavy atom. The number of nitrogens with zero attached hydrogens (tertiary/aromatic N) is 1. The van der Waals surface area contributed by atoms with Crippen LogP contribution in [0.4, 0.5) is 0 Å². The molecule has 1 aliphatic rings. The molecule has 1 fully saturated rings. The Kier molecular flexibility index (Phi) is 4.83. The number of rotatable bonds is 3. The summed E-state index contributed by atoms with van der Waals surface area (Å²) in [5.41, 5.74) is 1.69. The van der Waals surface area contributed by atoms with Crippen molar-refractivity contribution in [2.75, 3.05) is 26.7 Å². The summed E-state index contributed by atoms with van der Waals surface area (Å²) in [4.78, 5) is 14.2. The van der Waals surface area contributed by atoms with Crippen molar-refractivity contribution in [1.82, 2.24) is 10.2 Å². The van der Waals surface area contributed by atoms with Crippen molar-refractivity contribution in [2.45, 2.75) is 19.8 Å². The van der Waals surface area contributed by atoms with Gasteiger partial charge in [-0.3, -0.25) is 4.79 Å². The normalized spacial score (nSPS) is 19.2. The van der Waals surface area contributed by atoms with E-state index in [4.69, 9.17) is 11.6 Å². The zero-order valence-corrected chi connectivity index (χ0v) is 12.3. The van der Waals surface area contributed by atoms with Crippen LogP contribution in [0.5, 0.6) is 0 Å². The number of halogens is 1. The summed E-state index contributed by atoms with van der Waals surface area (Å²) in [6.07, 6.45) is 2.39. The predicted octanol–water partition coefficient (Wildman–Crippen LogP) is 2.72. The lowest BCUT2D eigenvalue weighted by Crippen LogP contribution is -2.39. The fraction of sp³-hybridized carbons (Fsp3) is 0.533. The predicted molar refractivity (Wildman–Crippen MR) is 78.7 cm³/mol. The molecule has 1 atom stereocenters. The van der Waals surface area contributed by atoms with Gasteiger partial charge in [0.15, 0.2) is 0 Å². The Hall–Kier alpha value is -1.06. The summed E-state index contributed by atoms with van der Waals surface area (Å²) in [5, 5.41) is 4.00. The van der Waals surface area contributed by atoms with E-state index in [0.717, 1.165) is 25.2 Å². The number of carbonyl (C=O) groups is 1. The number of hydrogen-bond donors (Lipinski definition) is 1. The third kappa shape index (κ3) is 3.95. The van der Waals surface area contributed by atoms with Crippen LogP contribution in [0.2, 0.25) is 5.02 Å². The zero-order valence-electron chi connectivity index (χ0n) is 11.6. The van der Waals surface area contributed by atoms with E-state index in [0.29, 0.717) is 16.5 Å². The van der Waals surface area contributed by atoms with Gasteiger partial charge >= 0.3 is 0 Å². The SMILES string of the molecule is Cc1cc(Cl)cc(C(=O)N(C)CC2CCCNC2)c1. The Balaban J connectivity index is 2.01. The van der Waals surface area contributed by atoms with E-state index in [1.807, 2.05) is 31.0 Å². The van der Waals surface area contributed by atoms with E-state index in [2.05, 4.69) is 5.32 Å². The van der Waals surface area contributed by atoms with E-state index in [1.54, 1.807) is 6.07 Å². The van der Waals surface area contributed by atoms with Gasteiger partial charge in [-0.15, -0.1) is 0 Å². The van der Waals surface area contributed by atoms with Crippen LogP contribution in [0, 0.1) is 12.8 Å². The molecule has 0 aromatic heterocycles. The van der Waals surface area contributed by atoms with Crippen LogP contribution in [-0.4, -0.2) is 37.5 Å². The smallest absolute Gasteiger partial charge is 0.253 e. The molecule has 1 saturated heterocycles. The molecular weight excluding hydrogens is 260 g/mol. The van der Waals surface area contributed by atoms with Gasteiger partial charge in [0, 0.05) is 24.2 Å². The maximum absolute atomic E-state index is 12.4. The lowest BCUT2D eigenvalue weighted by Gasteiger charge is -2.27. The maximum atomic E-state index is 12.4. The second-order valence-corrected chi connectivity index (χ2v) is 5.85. The Morgan fingerprint density at radius 2 is 2.26 bits per heavy atom. The Labute approximate surface area is 119 Å². The molecule has 0 aliphatic carbocycles. The number of hydrogen-bond acceptors (Lipinski definition) is 2. The van der Waals surface area contributed by atoms with Gasteiger partial charge in [-0.1, -0.05) is 11.6 Å². The molecule has 3 nitrogen and oxygen atoms in total. The quantitative estimate of drug-likeness (QED) is 0.923. The van der Waals surface area contributed by atoms with Crippen LogP contribution in [0.3, 0.4) is 0 Å². The standard InChI is InChI=1S/C15H21ClN2O/c1-11-6-13(8-14(16)7-11)15(19)18(2)10-12-4-3-5-17-9-12/h6-8,12,17H,3-5,9-10H2,1-2H3. The minimum Gasteiger partial charge on any atom is -0.341 e. The van der Waals surface area contributed by atoms with Gasteiger partial charge in [-0.25, -0.2) is 0 Å². The largest absolute Gasteiger partial charge is 0.341 e. The molecule has 1 unspecified atom stereocenters. The first kappa shape index (κ1) is 14.4. The molecule has 2 rings (SSSR count). The van der Waals surface area contributed by atoms with E-state index in [1.165, 1.54) is 12.8 Å². The fourth-order valence-electron chi connectivity index (χ4n) is 2.63. The van der Waals surface area contributed by atoms with E-state index < -0.39 is 0 Å². The van der Waals surface area contributed by atoms with Crippen molar-refractivity contribution in [3.63, 3.8) is 0 Å². The van der Waals surface area contributed by atoms with Crippen LogP contribution < -0.4 is 5.32 Å². The van der Waals surface area contributed by atoms with Gasteiger partial charge in [-0.05, 0) is 62.5 Å². The van der Waals surface area contributed by atoms with Crippen molar-refractivity contribution < 1.29 is 4.79 Å². The van der Waals surface area contributed by atoms with Crippen molar-refractivity contribution in [1.29, 1.82) is 0 Å². The van der Waals surface area contributed by atoms with Gasteiger partial charge in [0.2, 0.25) is 0 Å². The molecule has 1 N–H and O–H groups in total. The molecule has 1 aliphatic heterocycles. The van der Waals surface area contributed by atoms with Crippen LogP contribution in [-0.2, 0) is 0 Å². The van der Waals surface area contributed by atoms with Gasteiger partial charge in [-0.2, -0.15) is 0 Å². The molecule has 0 radical (unpaired) electrons. The molecule has 0 bridgehead atoms. The number of nitrogens with one attached hydrogen (secondary N) is 1. The highest BCUT2D eigenvalue weighted by Crippen LogP contribution is 2.17. The highest BCUT2D eigenvalue weighted by Gasteiger charge is 2.19. The van der Waals surface area contributed by atoms with Crippen LogP contribution in [0.25, 0.3) is 0 Å². The zero-order chi connectivity index (χ0) is 13.8. The van der Waals surface area contributed by atoms with Gasteiger partial charge in [0.25, 0.3) is 5.91 Å². The van der Waals surface area contributed by atoms with E-state index >= 15 is 0 Å². The number of carbonyl (C=O) groups excluding carboxylic acids is 1. The van der Waals surface area contributed by atoms with Crippen molar-refractivity contribution >= 4 is 17.5 Å². The molecule has 1 aromatic carbocycles. The Morgan fingerprint density at radius 1 is 1.47 bits per heavy atom. The Bertz CT molecular complexity index is 435. The number of aryl methyl sites for hydroxylation is 1. The first-order valence-corrected chi connectivity index (χ1v) is 7.17. The first-order chi connectivity index (χ1) is 9.06. The lowest BCUT2D eigenvalue weighted by molar-refractivity contribution is 0.0764. The number of amides is 1. The monoisotopic (exact) mass is 280 g/mol. The molecule has 1 heterocycles. The van der Waals surface area contributed by atoms with Gasteiger partial charge in [0.1, 0.15) is 0 Å². The lowest BCUT2D eigenvalue weighted by atomic mass is 9.99. The summed E-state index contributed by atoms with van der Waals surface area (Å²) in [6, 6.07) is 5.50. The molecule has 19 heavy (non-hydrogen) atoms. The van der Waals surface area contributed by atoms with Crippen LogP contribution in [0.1, 0.15) is 28.8 Å². The topological polar surface area (TPSA) is 32.3 Å². The minimum absolute atomic E-state index is 0.0520. The average molecular weight is 281 g/mol. The average Bonchev–Trinajstić information content (AvgIpc) is 2.37. The van der Waals surface area contributed by atoms with Crippen molar-refractivity contribution in [3.05, 3.63) is 34.3 Å². The van der Waals surface area contributed by atoms with E-state index in [9.17, 15) is 4.79 Å². The molecule has 1 amide bonds. The van der Waals surface area contributed by atoms with Crippen molar-refractivity contribution in [3.8, 4) is 0 Å². The molecule has 0 spiro atoms.